The van der Waals surface area contributed by atoms with Gasteiger partial charge in [0, 0.05) is 40.5 Å². The van der Waals surface area contributed by atoms with E-state index in [0.29, 0.717) is 0 Å². The molecule has 0 saturated heterocycles. The molecule has 0 radical (unpaired) electrons. The zero-order chi connectivity index (χ0) is 17.8. The first-order chi connectivity index (χ1) is 10.7. The molecule has 0 rings (SSSR count). The quantitative estimate of drug-likeness (QED) is 0.323. The molecule has 0 aliphatic heterocycles. The number of ether oxygens (including phenoxy) is 5. The molecule has 0 aromatic rings. The lowest BCUT2D eigenvalue weighted by Gasteiger charge is -2.23. The minimum absolute atomic E-state index is 0.0377. The third kappa shape index (κ3) is 13.2. The lowest BCUT2D eigenvalue weighted by molar-refractivity contribution is -0.241. The van der Waals surface area contributed by atoms with Crippen LogP contribution in [0.25, 0.3) is 0 Å². The second kappa shape index (κ2) is 11.4. The molecule has 0 aromatic carbocycles. The fourth-order valence-corrected chi connectivity index (χ4v) is 1.45. The zero-order valence-electron chi connectivity index (χ0n) is 13.7. The summed E-state index contributed by atoms with van der Waals surface area (Å²) in [6.07, 6.45) is -2.03. The summed E-state index contributed by atoms with van der Waals surface area (Å²) in [7, 11) is 0. The number of rotatable bonds is 10. The van der Waals surface area contributed by atoms with Crippen LogP contribution in [0.15, 0.2) is 0 Å². The summed E-state index contributed by atoms with van der Waals surface area (Å²) in [4.78, 5) is 43.6. The molecule has 0 aliphatic rings. The van der Waals surface area contributed by atoms with Crippen LogP contribution >= 0.6 is 0 Å². The minimum Gasteiger partial charge on any atom is -0.466 e. The van der Waals surface area contributed by atoms with E-state index >= 15 is 0 Å². The molecule has 9 nitrogen and oxygen atoms in total. The molecule has 0 amide bonds. The molecule has 0 aromatic heterocycles. The van der Waals surface area contributed by atoms with E-state index in [1.54, 1.807) is 0 Å². The molecule has 0 bridgehead atoms. The Morgan fingerprint density at radius 2 is 1.00 bits per heavy atom. The highest BCUT2D eigenvalue weighted by Gasteiger charge is 2.22. The Morgan fingerprint density at radius 3 is 1.26 bits per heavy atom. The predicted octanol–water partition coefficient (Wildman–Crippen LogP) is 0.688. The van der Waals surface area contributed by atoms with E-state index in [4.69, 9.17) is 23.7 Å². The second-order valence-corrected chi connectivity index (χ2v) is 4.47. The second-order valence-electron chi connectivity index (χ2n) is 4.47. The van der Waals surface area contributed by atoms with Crippen molar-refractivity contribution in [2.24, 2.45) is 0 Å². The van der Waals surface area contributed by atoms with Crippen molar-refractivity contribution in [1.82, 2.24) is 0 Å². The normalized spacial score (nSPS) is 12.7. The Labute approximate surface area is 134 Å². The highest BCUT2D eigenvalue weighted by atomic mass is 16.8. The largest absolute Gasteiger partial charge is 0.466 e. The van der Waals surface area contributed by atoms with E-state index < -0.39 is 36.5 Å². The average molecular weight is 334 g/mol. The summed E-state index contributed by atoms with van der Waals surface area (Å²) < 4.78 is 24.7. The first-order valence-corrected chi connectivity index (χ1v) is 6.97. The molecule has 0 N–H and O–H groups in total. The minimum atomic E-state index is -1.08. The fourth-order valence-electron chi connectivity index (χ4n) is 1.45. The monoisotopic (exact) mass is 334 g/mol. The zero-order valence-corrected chi connectivity index (χ0v) is 13.7. The van der Waals surface area contributed by atoms with E-state index in [0.717, 1.165) is 0 Å². The lowest BCUT2D eigenvalue weighted by atomic mass is 10.4. The van der Waals surface area contributed by atoms with Crippen molar-refractivity contribution < 1.29 is 42.9 Å². The Bertz CT molecular complexity index is 380. The van der Waals surface area contributed by atoms with E-state index in [1.807, 2.05) is 0 Å². The van der Waals surface area contributed by atoms with Crippen LogP contribution in [0.1, 0.15) is 40.5 Å². The number of esters is 4. The number of carbonyl (C=O) groups is 4. The smallest absolute Gasteiger partial charge is 0.304 e. The van der Waals surface area contributed by atoms with Gasteiger partial charge >= 0.3 is 23.9 Å². The van der Waals surface area contributed by atoms with Crippen molar-refractivity contribution in [1.29, 1.82) is 0 Å². The van der Waals surface area contributed by atoms with Gasteiger partial charge < -0.3 is 23.7 Å². The summed E-state index contributed by atoms with van der Waals surface area (Å²) in [6, 6.07) is 0. The van der Waals surface area contributed by atoms with Crippen LogP contribution in [0.2, 0.25) is 0 Å². The Kier molecular flexibility index (Phi) is 10.3. The summed E-state index contributed by atoms with van der Waals surface area (Å²) in [5, 5.41) is 0. The van der Waals surface area contributed by atoms with Crippen LogP contribution in [0.3, 0.4) is 0 Å². The van der Waals surface area contributed by atoms with Gasteiger partial charge in [0.15, 0.2) is 0 Å². The van der Waals surface area contributed by atoms with Gasteiger partial charge in [-0.1, -0.05) is 0 Å². The van der Waals surface area contributed by atoms with Crippen LogP contribution < -0.4 is 0 Å². The molecule has 2 unspecified atom stereocenters. The first kappa shape index (κ1) is 20.8. The first-order valence-electron chi connectivity index (χ1n) is 6.97. The van der Waals surface area contributed by atoms with Crippen molar-refractivity contribution in [3.8, 4) is 0 Å². The van der Waals surface area contributed by atoms with Crippen molar-refractivity contribution in [3.05, 3.63) is 0 Å². The number of hydrogen-bond acceptors (Lipinski definition) is 9. The molecule has 9 heteroatoms. The van der Waals surface area contributed by atoms with Crippen molar-refractivity contribution in [3.63, 3.8) is 0 Å². The number of carbonyl (C=O) groups excluding carboxylic acids is 4. The van der Waals surface area contributed by atoms with Gasteiger partial charge in [0.05, 0.1) is 13.2 Å². The van der Waals surface area contributed by atoms with Gasteiger partial charge in [-0.25, -0.2) is 0 Å². The Balaban J connectivity index is 4.59. The average Bonchev–Trinajstić information content (AvgIpc) is 2.35. The molecule has 23 heavy (non-hydrogen) atoms. The molecule has 0 heterocycles. The van der Waals surface area contributed by atoms with Crippen LogP contribution in [0.5, 0.6) is 0 Å². The number of hydrogen-bond donors (Lipinski definition) is 0. The van der Waals surface area contributed by atoms with Crippen molar-refractivity contribution in [2.75, 3.05) is 13.2 Å². The lowest BCUT2D eigenvalue weighted by Crippen LogP contribution is -2.31. The Hall–Kier alpha value is -2.16. The summed E-state index contributed by atoms with van der Waals surface area (Å²) in [5.74, 6) is -2.20. The van der Waals surface area contributed by atoms with Crippen LogP contribution in [-0.4, -0.2) is 49.7 Å². The third-order valence-electron chi connectivity index (χ3n) is 2.22. The molecule has 0 fully saturated rings. The standard InChI is InChI=1S/C14H22O9/c1-9(15)19-7-5-13(21-11(3)17)23-14(22-12(4)18)6-8-20-10(2)16/h13-14H,5-8H2,1-4H3. The maximum absolute atomic E-state index is 11.1. The molecule has 0 spiro atoms. The van der Waals surface area contributed by atoms with Gasteiger partial charge in [0.1, 0.15) is 0 Å². The molecule has 0 aliphatic carbocycles. The van der Waals surface area contributed by atoms with Crippen molar-refractivity contribution in [2.45, 2.75) is 53.1 Å². The van der Waals surface area contributed by atoms with Crippen LogP contribution in [-0.2, 0) is 42.9 Å². The van der Waals surface area contributed by atoms with Crippen molar-refractivity contribution >= 4 is 23.9 Å². The molecule has 0 saturated carbocycles. The van der Waals surface area contributed by atoms with Gasteiger partial charge in [0.2, 0.25) is 12.6 Å². The molecule has 2 atom stereocenters. The maximum atomic E-state index is 11.1. The summed E-state index contributed by atoms with van der Waals surface area (Å²) in [6.45, 7) is 4.77. The van der Waals surface area contributed by atoms with E-state index in [2.05, 4.69) is 0 Å². The van der Waals surface area contributed by atoms with Crippen LogP contribution in [0, 0.1) is 0 Å². The fraction of sp³-hybridized carbons (Fsp3) is 0.714. The SMILES string of the molecule is CC(=O)OCCC(OC(C)=O)OC(CCOC(C)=O)OC(C)=O. The van der Waals surface area contributed by atoms with Gasteiger partial charge in [-0.05, 0) is 0 Å². The predicted molar refractivity (Wildman–Crippen MR) is 74.7 cm³/mol. The van der Waals surface area contributed by atoms with Crippen LogP contribution in [0.4, 0.5) is 0 Å². The van der Waals surface area contributed by atoms with Gasteiger partial charge in [-0.2, -0.15) is 0 Å². The van der Waals surface area contributed by atoms with Gasteiger partial charge in [0.25, 0.3) is 0 Å². The van der Waals surface area contributed by atoms with E-state index in [9.17, 15) is 19.2 Å². The highest BCUT2D eigenvalue weighted by molar-refractivity contribution is 5.67. The Morgan fingerprint density at radius 1 is 0.652 bits per heavy atom. The van der Waals surface area contributed by atoms with E-state index in [1.165, 1.54) is 27.7 Å². The van der Waals surface area contributed by atoms with E-state index in [-0.39, 0.29) is 26.1 Å². The summed E-state index contributed by atoms with van der Waals surface area (Å²) in [5.41, 5.74) is 0. The topological polar surface area (TPSA) is 114 Å². The molecule has 132 valence electrons. The highest BCUT2D eigenvalue weighted by Crippen LogP contribution is 2.11. The van der Waals surface area contributed by atoms with Gasteiger partial charge in [-0.15, -0.1) is 0 Å². The third-order valence-corrected chi connectivity index (χ3v) is 2.22. The molecular formula is C14H22O9. The molecular weight excluding hydrogens is 312 g/mol. The van der Waals surface area contributed by atoms with Gasteiger partial charge in [-0.3, -0.25) is 19.2 Å². The summed E-state index contributed by atoms with van der Waals surface area (Å²) >= 11 is 0. The maximum Gasteiger partial charge on any atom is 0.304 e.